The highest BCUT2D eigenvalue weighted by Crippen LogP contribution is 2.30. The van der Waals surface area contributed by atoms with Gasteiger partial charge in [-0.05, 0) is 0 Å². The highest BCUT2D eigenvalue weighted by molar-refractivity contribution is 7.21. The van der Waals surface area contributed by atoms with E-state index in [1.54, 1.807) is 5.51 Å². The third kappa shape index (κ3) is 2.53. The van der Waals surface area contributed by atoms with Crippen LogP contribution < -0.4 is 0 Å². The molecule has 4 aromatic rings. The number of Topliss-reactive ketones (excluding diaryl/α,β-unsaturated/α-hetero) is 1. The Hall–Kier alpha value is -2.46. The van der Waals surface area contributed by atoms with E-state index < -0.39 is 17.5 Å². The van der Waals surface area contributed by atoms with Gasteiger partial charge in [0, 0.05) is 11.1 Å². The number of halogens is 3. The summed E-state index contributed by atoms with van der Waals surface area (Å²) in [6.07, 6.45) is -4.88. The van der Waals surface area contributed by atoms with Crippen molar-refractivity contribution in [2.45, 2.75) is 6.18 Å². The van der Waals surface area contributed by atoms with Gasteiger partial charge >= 0.3 is 6.18 Å². The minimum absolute atomic E-state index is 0.409. The summed E-state index contributed by atoms with van der Waals surface area (Å²) in [5.74, 6) is -1.87. The fourth-order valence-electron chi connectivity index (χ4n) is 2.08. The fraction of sp³-hybridized carbons (Fsp3) is 0.0714. The monoisotopic (exact) mass is 366 g/mol. The largest absolute Gasteiger partial charge is 0.454 e. The van der Waals surface area contributed by atoms with E-state index in [9.17, 15) is 18.0 Å². The van der Waals surface area contributed by atoms with Crippen LogP contribution in [0.25, 0.3) is 31.5 Å². The first-order valence-electron chi connectivity index (χ1n) is 6.51. The molecule has 0 saturated carbocycles. The molecule has 3 aromatic heterocycles. The Balaban J connectivity index is 1.73. The van der Waals surface area contributed by atoms with Crippen LogP contribution in [0.15, 0.2) is 29.8 Å². The van der Waals surface area contributed by atoms with Gasteiger partial charge in [0.1, 0.15) is 5.01 Å². The highest BCUT2D eigenvalue weighted by atomic mass is 32.1. The lowest BCUT2D eigenvalue weighted by molar-refractivity contribution is -0.0885. The molecule has 3 heterocycles. The molecular formula is C14H5F3N4OS2. The summed E-state index contributed by atoms with van der Waals surface area (Å²) in [7, 11) is 0. The summed E-state index contributed by atoms with van der Waals surface area (Å²) < 4.78 is 37.3. The van der Waals surface area contributed by atoms with Crippen molar-refractivity contribution in [2.75, 3.05) is 0 Å². The predicted octanol–water partition coefficient (Wildman–Crippen LogP) is 4.11. The van der Waals surface area contributed by atoms with Crippen molar-refractivity contribution in [3.05, 3.63) is 35.3 Å². The predicted molar refractivity (Wildman–Crippen MR) is 84.2 cm³/mol. The SMILES string of the molecule is O=C(c1ccc(-c2nc3nc4ncsc4nc3s2)cc1)C(F)(F)F. The number of hydrogen-bond acceptors (Lipinski definition) is 7. The molecule has 5 nitrogen and oxygen atoms in total. The topological polar surface area (TPSA) is 68.6 Å². The first kappa shape index (κ1) is 15.1. The summed E-state index contributed by atoms with van der Waals surface area (Å²) in [5, 5.41) is 0.564. The van der Waals surface area contributed by atoms with Crippen molar-refractivity contribution in [3.8, 4) is 10.6 Å². The Bertz CT molecular complexity index is 1020. The number of nitrogens with zero attached hydrogens (tertiary/aromatic N) is 4. The normalized spacial score (nSPS) is 12.1. The number of thiazole rings is 2. The van der Waals surface area contributed by atoms with E-state index in [0.717, 1.165) is 12.1 Å². The van der Waals surface area contributed by atoms with Crippen LogP contribution in [-0.2, 0) is 0 Å². The van der Waals surface area contributed by atoms with Crippen molar-refractivity contribution in [2.24, 2.45) is 0 Å². The minimum Gasteiger partial charge on any atom is -0.284 e. The molecule has 0 aliphatic heterocycles. The fourth-order valence-corrected chi connectivity index (χ4v) is 3.63. The van der Waals surface area contributed by atoms with Crippen LogP contribution in [0.2, 0.25) is 0 Å². The van der Waals surface area contributed by atoms with E-state index in [0.29, 0.717) is 31.5 Å². The zero-order chi connectivity index (χ0) is 16.9. The molecule has 0 bridgehead atoms. The molecule has 10 heteroatoms. The van der Waals surface area contributed by atoms with Gasteiger partial charge in [-0.3, -0.25) is 4.79 Å². The summed E-state index contributed by atoms with van der Waals surface area (Å²) in [6, 6.07) is 5.13. The zero-order valence-corrected chi connectivity index (χ0v) is 13.2. The number of benzene rings is 1. The average Bonchev–Trinajstić information content (AvgIpc) is 3.16. The van der Waals surface area contributed by atoms with Gasteiger partial charge < -0.3 is 0 Å². The third-order valence-corrected chi connectivity index (χ3v) is 4.88. The summed E-state index contributed by atoms with van der Waals surface area (Å²) >= 11 is 2.64. The second-order valence-electron chi connectivity index (χ2n) is 4.76. The van der Waals surface area contributed by atoms with Gasteiger partial charge in [0.25, 0.3) is 5.78 Å². The van der Waals surface area contributed by atoms with Gasteiger partial charge in [0.05, 0.1) is 5.51 Å². The van der Waals surface area contributed by atoms with E-state index in [1.807, 2.05) is 0 Å². The Morgan fingerprint density at radius 3 is 2.42 bits per heavy atom. The number of hydrogen-bond donors (Lipinski definition) is 0. The van der Waals surface area contributed by atoms with Gasteiger partial charge in [0.2, 0.25) is 0 Å². The lowest BCUT2D eigenvalue weighted by atomic mass is 10.1. The second kappa shape index (κ2) is 5.28. The van der Waals surface area contributed by atoms with Crippen LogP contribution in [0.4, 0.5) is 13.2 Å². The van der Waals surface area contributed by atoms with Crippen molar-refractivity contribution in [1.82, 2.24) is 19.9 Å². The van der Waals surface area contributed by atoms with Gasteiger partial charge in [-0.15, -0.1) is 11.3 Å². The van der Waals surface area contributed by atoms with Gasteiger partial charge in [-0.25, -0.2) is 19.9 Å². The lowest BCUT2D eigenvalue weighted by Gasteiger charge is -2.05. The Morgan fingerprint density at radius 2 is 1.71 bits per heavy atom. The maximum absolute atomic E-state index is 12.4. The molecule has 120 valence electrons. The van der Waals surface area contributed by atoms with Crippen molar-refractivity contribution >= 4 is 49.4 Å². The molecule has 1 aromatic carbocycles. The molecule has 4 rings (SSSR count). The Labute approximate surface area is 139 Å². The van der Waals surface area contributed by atoms with E-state index >= 15 is 0 Å². The maximum atomic E-state index is 12.4. The molecule has 0 aliphatic rings. The summed E-state index contributed by atoms with van der Waals surface area (Å²) in [5.41, 5.74) is 2.77. The van der Waals surface area contributed by atoms with E-state index in [2.05, 4.69) is 19.9 Å². The third-order valence-electron chi connectivity index (χ3n) is 3.19. The van der Waals surface area contributed by atoms with Gasteiger partial charge in [-0.2, -0.15) is 13.2 Å². The smallest absolute Gasteiger partial charge is 0.284 e. The second-order valence-corrected chi connectivity index (χ2v) is 6.57. The standard InChI is InChI=1S/C14H5F3N4OS2/c15-14(16,17)8(22)6-1-3-7(4-2-6)11-20-10-13(24-11)21-12-9(19-10)18-5-23-12/h1-5H. The number of fused-ring (bicyclic) bond motifs is 2. The van der Waals surface area contributed by atoms with Gasteiger partial charge in [0.15, 0.2) is 21.0 Å². The van der Waals surface area contributed by atoms with Crippen molar-refractivity contribution in [1.29, 1.82) is 0 Å². The van der Waals surface area contributed by atoms with E-state index in [4.69, 9.17) is 0 Å². The number of alkyl halides is 3. The number of ketones is 1. The summed E-state index contributed by atoms with van der Waals surface area (Å²) in [6.45, 7) is 0. The number of aromatic nitrogens is 4. The molecule has 0 spiro atoms. The van der Waals surface area contributed by atoms with Crippen LogP contribution >= 0.6 is 22.7 Å². The van der Waals surface area contributed by atoms with Gasteiger partial charge in [-0.1, -0.05) is 35.6 Å². The molecule has 0 radical (unpaired) electrons. The molecular weight excluding hydrogens is 361 g/mol. The molecule has 0 saturated heterocycles. The molecule has 0 N–H and O–H groups in total. The molecule has 0 unspecified atom stereocenters. The number of carbonyl (C=O) groups excluding carboxylic acids is 1. The molecule has 24 heavy (non-hydrogen) atoms. The minimum atomic E-state index is -4.88. The average molecular weight is 366 g/mol. The molecule has 0 atom stereocenters. The van der Waals surface area contributed by atoms with Crippen LogP contribution in [0.1, 0.15) is 10.4 Å². The Kier molecular flexibility index (Phi) is 3.32. The van der Waals surface area contributed by atoms with Crippen LogP contribution in [-0.4, -0.2) is 31.9 Å². The maximum Gasteiger partial charge on any atom is 0.454 e. The van der Waals surface area contributed by atoms with E-state index in [-0.39, 0.29) is 0 Å². The van der Waals surface area contributed by atoms with Crippen LogP contribution in [0.5, 0.6) is 0 Å². The zero-order valence-electron chi connectivity index (χ0n) is 11.5. The number of carbonyl (C=O) groups is 1. The van der Waals surface area contributed by atoms with Crippen molar-refractivity contribution in [3.63, 3.8) is 0 Å². The Morgan fingerprint density at radius 1 is 0.958 bits per heavy atom. The number of rotatable bonds is 2. The lowest BCUT2D eigenvalue weighted by Crippen LogP contribution is -2.22. The molecule has 0 aliphatic carbocycles. The van der Waals surface area contributed by atoms with Crippen LogP contribution in [0.3, 0.4) is 0 Å². The quantitative estimate of drug-likeness (QED) is 0.500. The first-order valence-corrected chi connectivity index (χ1v) is 8.21. The molecule has 0 fully saturated rings. The summed E-state index contributed by atoms with van der Waals surface area (Å²) in [4.78, 5) is 29.6. The first-order chi connectivity index (χ1) is 11.4. The highest BCUT2D eigenvalue weighted by Gasteiger charge is 2.39. The van der Waals surface area contributed by atoms with E-state index in [1.165, 1.54) is 34.8 Å². The molecule has 0 amide bonds. The van der Waals surface area contributed by atoms with Crippen molar-refractivity contribution < 1.29 is 18.0 Å². The van der Waals surface area contributed by atoms with Crippen LogP contribution in [0, 0.1) is 0 Å².